The van der Waals surface area contributed by atoms with Crippen molar-refractivity contribution in [1.82, 2.24) is 29.7 Å². The molecule has 4 aromatic rings. The first-order valence-electron chi connectivity index (χ1n) is 8.73. The van der Waals surface area contributed by atoms with Gasteiger partial charge >= 0.3 is 5.97 Å². The summed E-state index contributed by atoms with van der Waals surface area (Å²) in [7, 11) is 1.72. The summed E-state index contributed by atoms with van der Waals surface area (Å²) in [5, 5.41) is 16.9. The van der Waals surface area contributed by atoms with E-state index in [1.54, 1.807) is 30.3 Å². The van der Waals surface area contributed by atoms with Crippen molar-refractivity contribution in [2.45, 2.75) is 12.8 Å². The Kier molecular flexibility index (Phi) is 4.82. The smallest absolute Gasteiger partial charge is 0.335 e. The zero-order valence-electron chi connectivity index (χ0n) is 15.4. The molecular weight excluding hydrogens is 377 g/mol. The van der Waals surface area contributed by atoms with Crippen LogP contribution in [0.5, 0.6) is 0 Å². The summed E-state index contributed by atoms with van der Waals surface area (Å²) in [6, 6.07) is 3.51. The molecule has 0 aliphatic rings. The number of aromatic carboxylic acids is 1. The van der Waals surface area contributed by atoms with Crippen LogP contribution in [0.25, 0.3) is 11.0 Å². The van der Waals surface area contributed by atoms with Gasteiger partial charge in [0.15, 0.2) is 11.5 Å². The Hall–Kier alpha value is -3.95. The third kappa shape index (κ3) is 3.86. The van der Waals surface area contributed by atoms with Gasteiger partial charge in [-0.15, -0.1) is 0 Å². The van der Waals surface area contributed by atoms with Crippen molar-refractivity contribution in [3.63, 3.8) is 0 Å². The normalized spacial score (nSPS) is 11.0. The highest BCUT2D eigenvalue weighted by Crippen LogP contribution is 2.26. The molecule has 0 saturated heterocycles. The second-order valence-corrected chi connectivity index (χ2v) is 6.37. The van der Waals surface area contributed by atoms with E-state index in [-0.39, 0.29) is 11.3 Å². The standard InChI is InChI=1S/C19H16FN7O2/c1-27-18-13(9-23-16(25-18)5-2-11-7-21-10-22-8-11)17(26-27)24-15-6-12(19(28)29)3-4-14(15)20/h3-4,6-10H,2,5H2,1H3,(H,24,26)(H,28,29). The first-order chi connectivity index (χ1) is 14.0. The van der Waals surface area contributed by atoms with Gasteiger partial charge in [0.1, 0.15) is 18.0 Å². The van der Waals surface area contributed by atoms with Crippen molar-refractivity contribution in [2.75, 3.05) is 5.32 Å². The summed E-state index contributed by atoms with van der Waals surface area (Å²) in [5.41, 5.74) is 1.55. The lowest BCUT2D eigenvalue weighted by Gasteiger charge is -2.06. The number of nitrogens with one attached hydrogen (secondary N) is 1. The number of hydrogen-bond acceptors (Lipinski definition) is 7. The highest BCUT2D eigenvalue weighted by Gasteiger charge is 2.15. The number of benzene rings is 1. The fourth-order valence-corrected chi connectivity index (χ4v) is 2.88. The molecule has 3 heterocycles. The zero-order valence-corrected chi connectivity index (χ0v) is 15.4. The number of carboxylic acids is 1. The molecule has 0 bridgehead atoms. The molecule has 0 saturated carbocycles. The van der Waals surface area contributed by atoms with E-state index >= 15 is 0 Å². The molecule has 0 radical (unpaired) electrons. The molecule has 0 fully saturated rings. The average molecular weight is 393 g/mol. The highest BCUT2D eigenvalue weighted by molar-refractivity contribution is 5.91. The molecule has 146 valence electrons. The van der Waals surface area contributed by atoms with Gasteiger partial charge in [-0.3, -0.25) is 0 Å². The summed E-state index contributed by atoms with van der Waals surface area (Å²) in [6.07, 6.45) is 7.89. The van der Waals surface area contributed by atoms with E-state index in [0.717, 1.165) is 11.6 Å². The molecule has 0 spiro atoms. The molecule has 0 amide bonds. The largest absolute Gasteiger partial charge is 0.478 e. The molecule has 0 aliphatic heterocycles. The number of fused-ring (bicyclic) bond motifs is 1. The van der Waals surface area contributed by atoms with Crippen molar-refractivity contribution in [2.24, 2.45) is 7.05 Å². The number of carbonyl (C=O) groups is 1. The van der Waals surface area contributed by atoms with Gasteiger partial charge < -0.3 is 10.4 Å². The van der Waals surface area contributed by atoms with Crippen molar-refractivity contribution in [1.29, 1.82) is 0 Å². The van der Waals surface area contributed by atoms with Gasteiger partial charge in [-0.25, -0.2) is 33.8 Å². The Bertz CT molecular complexity index is 1190. The summed E-state index contributed by atoms with van der Waals surface area (Å²) >= 11 is 0. The second-order valence-electron chi connectivity index (χ2n) is 6.37. The van der Waals surface area contributed by atoms with Crippen LogP contribution < -0.4 is 5.32 Å². The van der Waals surface area contributed by atoms with Crippen LogP contribution in [0, 0.1) is 5.82 Å². The van der Waals surface area contributed by atoms with Crippen molar-refractivity contribution < 1.29 is 14.3 Å². The molecule has 4 rings (SSSR count). The van der Waals surface area contributed by atoms with Crippen molar-refractivity contribution >= 4 is 28.5 Å². The minimum atomic E-state index is -1.14. The lowest BCUT2D eigenvalue weighted by molar-refractivity contribution is 0.0697. The van der Waals surface area contributed by atoms with Crippen LogP contribution in [0.1, 0.15) is 21.7 Å². The van der Waals surface area contributed by atoms with Crippen LogP contribution in [0.3, 0.4) is 0 Å². The molecule has 0 aliphatic carbocycles. The molecule has 0 atom stereocenters. The summed E-state index contributed by atoms with van der Waals surface area (Å²) in [6.45, 7) is 0. The second kappa shape index (κ2) is 7.58. The maximum atomic E-state index is 14.1. The predicted octanol–water partition coefficient (Wildman–Crippen LogP) is 2.52. The first-order valence-corrected chi connectivity index (χ1v) is 8.73. The third-order valence-corrected chi connectivity index (χ3v) is 4.35. The SMILES string of the molecule is Cn1nc(Nc2cc(C(=O)O)ccc2F)c2cnc(CCc3cncnc3)nc21. The minimum Gasteiger partial charge on any atom is -0.478 e. The van der Waals surface area contributed by atoms with E-state index in [4.69, 9.17) is 5.11 Å². The maximum absolute atomic E-state index is 14.1. The monoisotopic (exact) mass is 393 g/mol. The van der Waals surface area contributed by atoms with Crippen molar-refractivity contribution in [3.05, 3.63) is 65.9 Å². The van der Waals surface area contributed by atoms with Gasteiger partial charge in [0.25, 0.3) is 0 Å². The summed E-state index contributed by atoms with van der Waals surface area (Å²) in [5.74, 6) is -0.756. The van der Waals surface area contributed by atoms with Gasteiger partial charge in [-0.2, -0.15) is 5.10 Å². The van der Waals surface area contributed by atoms with E-state index in [1.807, 2.05) is 0 Å². The van der Waals surface area contributed by atoms with Gasteiger partial charge in [-0.1, -0.05) is 0 Å². The highest BCUT2D eigenvalue weighted by atomic mass is 19.1. The predicted molar refractivity (Wildman–Crippen MR) is 102 cm³/mol. The fourth-order valence-electron chi connectivity index (χ4n) is 2.88. The van der Waals surface area contributed by atoms with E-state index in [9.17, 15) is 9.18 Å². The van der Waals surface area contributed by atoms with Crippen LogP contribution in [-0.2, 0) is 19.9 Å². The Labute approximate surface area is 164 Å². The Balaban J connectivity index is 1.60. The van der Waals surface area contributed by atoms with Gasteiger partial charge in [0.2, 0.25) is 0 Å². The summed E-state index contributed by atoms with van der Waals surface area (Å²) in [4.78, 5) is 28.0. The minimum absolute atomic E-state index is 0.0121. The van der Waals surface area contributed by atoms with E-state index in [1.165, 1.54) is 18.5 Å². The van der Waals surface area contributed by atoms with Gasteiger partial charge in [-0.05, 0) is 30.2 Å². The van der Waals surface area contributed by atoms with Crippen LogP contribution >= 0.6 is 0 Å². The number of aryl methyl sites for hydroxylation is 3. The quantitative estimate of drug-likeness (QED) is 0.513. The lowest BCUT2D eigenvalue weighted by atomic mass is 10.2. The average Bonchev–Trinajstić information content (AvgIpc) is 3.03. The number of rotatable bonds is 6. The lowest BCUT2D eigenvalue weighted by Crippen LogP contribution is -2.01. The Morgan fingerprint density at radius 1 is 1.21 bits per heavy atom. The molecule has 10 heteroatoms. The number of halogens is 1. The molecule has 0 unspecified atom stereocenters. The number of nitrogens with zero attached hydrogens (tertiary/aromatic N) is 6. The van der Waals surface area contributed by atoms with E-state index < -0.39 is 11.8 Å². The van der Waals surface area contributed by atoms with Gasteiger partial charge in [0.05, 0.1) is 16.6 Å². The Morgan fingerprint density at radius 2 is 2.00 bits per heavy atom. The Morgan fingerprint density at radius 3 is 2.76 bits per heavy atom. The van der Waals surface area contributed by atoms with E-state index in [0.29, 0.717) is 35.5 Å². The topological polar surface area (TPSA) is 119 Å². The molecule has 9 nitrogen and oxygen atoms in total. The van der Waals surface area contributed by atoms with Crippen molar-refractivity contribution in [3.8, 4) is 0 Å². The third-order valence-electron chi connectivity index (χ3n) is 4.35. The molecule has 2 N–H and O–H groups in total. The fraction of sp³-hybridized carbons (Fsp3) is 0.158. The number of anilines is 2. The number of carboxylic acid groups (broad SMARTS) is 1. The van der Waals surface area contributed by atoms with Crippen LogP contribution in [0.4, 0.5) is 15.9 Å². The molecule has 3 aromatic heterocycles. The molecule has 29 heavy (non-hydrogen) atoms. The van der Waals surface area contributed by atoms with Crippen LogP contribution in [0.15, 0.2) is 43.1 Å². The zero-order chi connectivity index (χ0) is 20.4. The van der Waals surface area contributed by atoms with Crippen LogP contribution in [-0.4, -0.2) is 40.8 Å². The summed E-state index contributed by atoms with van der Waals surface area (Å²) < 4.78 is 15.7. The number of hydrogen-bond donors (Lipinski definition) is 2. The van der Waals surface area contributed by atoms with Crippen LogP contribution in [0.2, 0.25) is 0 Å². The van der Waals surface area contributed by atoms with Gasteiger partial charge in [0, 0.05) is 32.1 Å². The molecule has 1 aromatic carbocycles. The first kappa shape index (κ1) is 18.4. The molecular formula is C19H16FN7O2. The van der Waals surface area contributed by atoms with E-state index in [2.05, 4.69) is 30.4 Å². The number of aromatic nitrogens is 6. The maximum Gasteiger partial charge on any atom is 0.335 e.